The van der Waals surface area contributed by atoms with Crippen LogP contribution in [0.1, 0.15) is 11.1 Å². The van der Waals surface area contributed by atoms with E-state index in [2.05, 4.69) is 5.16 Å². The minimum atomic E-state index is 0.554. The van der Waals surface area contributed by atoms with Crippen molar-refractivity contribution in [3.63, 3.8) is 0 Å². The monoisotopic (exact) mass is 309 g/mol. The lowest BCUT2D eigenvalue weighted by atomic mass is 10.1. The van der Waals surface area contributed by atoms with Gasteiger partial charge in [0.1, 0.15) is 5.69 Å². The summed E-state index contributed by atoms with van der Waals surface area (Å²) in [6, 6.07) is 14.6. The van der Waals surface area contributed by atoms with Crippen molar-refractivity contribution >= 4 is 24.0 Å². The average molecular weight is 310 g/mol. The molecule has 0 atom stereocenters. The van der Waals surface area contributed by atoms with Gasteiger partial charge in [0.15, 0.2) is 5.76 Å². The van der Waals surface area contributed by atoms with E-state index < -0.39 is 0 Å². The molecule has 3 rings (SSSR count). The molecule has 1 aromatic heterocycles. The van der Waals surface area contributed by atoms with Gasteiger partial charge in [0.25, 0.3) is 0 Å². The lowest BCUT2D eigenvalue weighted by molar-refractivity contribution is 0.435. The van der Waals surface area contributed by atoms with Crippen LogP contribution in [0.25, 0.3) is 22.6 Å². The Balaban J connectivity index is 2.03. The van der Waals surface area contributed by atoms with Crippen molar-refractivity contribution < 1.29 is 4.52 Å². The van der Waals surface area contributed by atoms with Gasteiger partial charge in [0, 0.05) is 29.6 Å². The highest BCUT2D eigenvalue weighted by atomic mass is 35.5. The predicted octanol–water partition coefficient (Wildman–Crippen LogP) is 4.66. The lowest BCUT2D eigenvalue weighted by Crippen LogP contribution is -1.84. The van der Waals surface area contributed by atoms with E-state index in [0.717, 1.165) is 22.3 Å². The van der Waals surface area contributed by atoms with Crippen LogP contribution in [0.4, 0.5) is 0 Å². The third-order valence-corrected chi connectivity index (χ3v) is 3.61. The molecule has 1 heterocycles. The smallest absolute Gasteiger partial charge is 0.167 e. The Morgan fingerprint density at radius 1 is 0.955 bits per heavy atom. The van der Waals surface area contributed by atoms with Gasteiger partial charge in [-0.2, -0.15) is 0 Å². The standard InChI is InChI=1S/C17H12ClN3O/c18-15-5-4-12(10-20)7-14(15)16-8-17(22-21-16)13-3-1-2-11(6-13)9-19/h1-10,19-20H. The Kier molecular flexibility index (Phi) is 3.85. The molecule has 108 valence electrons. The van der Waals surface area contributed by atoms with E-state index in [4.69, 9.17) is 26.9 Å². The molecule has 0 saturated heterocycles. The van der Waals surface area contributed by atoms with Crippen LogP contribution in [-0.4, -0.2) is 17.6 Å². The van der Waals surface area contributed by atoms with Gasteiger partial charge in [-0.1, -0.05) is 41.0 Å². The molecule has 2 N–H and O–H groups in total. The maximum atomic E-state index is 7.32. The summed E-state index contributed by atoms with van der Waals surface area (Å²) in [5.41, 5.74) is 3.72. The molecule has 0 radical (unpaired) electrons. The first kappa shape index (κ1) is 14.2. The van der Waals surface area contributed by atoms with Gasteiger partial charge in [0.2, 0.25) is 0 Å². The first-order valence-corrected chi connectivity index (χ1v) is 6.97. The fourth-order valence-corrected chi connectivity index (χ4v) is 2.36. The molecule has 0 amide bonds. The Morgan fingerprint density at radius 2 is 1.73 bits per heavy atom. The lowest BCUT2D eigenvalue weighted by Gasteiger charge is -2.00. The number of rotatable bonds is 4. The van der Waals surface area contributed by atoms with E-state index in [1.807, 2.05) is 24.3 Å². The van der Waals surface area contributed by atoms with Gasteiger partial charge >= 0.3 is 0 Å². The van der Waals surface area contributed by atoms with Gasteiger partial charge in [-0.25, -0.2) is 0 Å². The average Bonchev–Trinajstić information content (AvgIpc) is 3.05. The van der Waals surface area contributed by atoms with Gasteiger partial charge in [-0.05, 0) is 29.3 Å². The van der Waals surface area contributed by atoms with E-state index in [9.17, 15) is 0 Å². The SMILES string of the molecule is N=Cc1cccc(-c2cc(-c3cc(C=N)ccc3Cl)no2)c1. The fraction of sp³-hybridized carbons (Fsp3) is 0. The number of benzene rings is 2. The summed E-state index contributed by atoms with van der Waals surface area (Å²) in [5, 5.41) is 19.2. The predicted molar refractivity (Wildman–Crippen MR) is 88.2 cm³/mol. The summed E-state index contributed by atoms with van der Waals surface area (Å²) in [7, 11) is 0. The van der Waals surface area contributed by atoms with E-state index in [1.54, 1.807) is 24.3 Å². The number of aromatic nitrogens is 1. The number of hydrogen-bond donors (Lipinski definition) is 2. The number of halogens is 1. The van der Waals surface area contributed by atoms with Crippen LogP contribution >= 0.6 is 11.6 Å². The molecule has 4 nitrogen and oxygen atoms in total. The largest absolute Gasteiger partial charge is 0.356 e. The van der Waals surface area contributed by atoms with E-state index in [1.165, 1.54) is 12.4 Å². The van der Waals surface area contributed by atoms with E-state index >= 15 is 0 Å². The second-order valence-electron chi connectivity index (χ2n) is 4.73. The normalized spacial score (nSPS) is 10.4. The number of nitrogens with zero attached hydrogens (tertiary/aromatic N) is 1. The number of hydrogen-bond acceptors (Lipinski definition) is 4. The minimum absolute atomic E-state index is 0.554. The van der Waals surface area contributed by atoms with E-state index in [-0.39, 0.29) is 0 Å². The van der Waals surface area contributed by atoms with Crippen molar-refractivity contribution in [2.45, 2.75) is 0 Å². The molecule has 0 aliphatic heterocycles. The van der Waals surface area contributed by atoms with Crippen molar-refractivity contribution in [2.24, 2.45) is 0 Å². The molecular formula is C17H12ClN3O. The summed E-state index contributed by atoms with van der Waals surface area (Å²) in [5.74, 6) is 0.607. The van der Waals surface area contributed by atoms with Gasteiger partial charge in [0.05, 0.1) is 5.02 Å². The maximum Gasteiger partial charge on any atom is 0.167 e. The zero-order valence-corrected chi connectivity index (χ0v) is 12.3. The highest BCUT2D eigenvalue weighted by molar-refractivity contribution is 6.33. The highest BCUT2D eigenvalue weighted by Gasteiger charge is 2.12. The summed E-state index contributed by atoms with van der Waals surface area (Å²) in [4.78, 5) is 0. The molecule has 2 aromatic carbocycles. The topological polar surface area (TPSA) is 73.7 Å². The van der Waals surface area contributed by atoms with Crippen molar-refractivity contribution in [3.8, 4) is 22.6 Å². The Labute approximate surface area is 132 Å². The second-order valence-corrected chi connectivity index (χ2v) is 5.14. The van der Waals surface area contributed by atoms with Gasteiger partial charge in [-0.3, -0.25) is 0 Å². The molecule has 0 bridgehead atoms. The number of nitrogens with one attached hydrogen (secondary N) is 2. The fourth-order valence-electron chi connectivity index (χ4n) is 2.15. The highest BCUT2D eigenvalue weighted by Crippen LogP contribution is 2.31. The molecular weight excluding hydrogens is 298 g/mol. The molecule has 5 heteroatoms. The maximum absolute atomic E-state index is 7.32. The van der Waals surface area contributed by atoms with Crippen molar-refractivity contribution in [3.05, 3.63) is 64.7 Å². The molecule has 0 spiro atoms. The second kappa shape index (κ2) is 5.95. The molecule has 0 saturated carbocycles. The summed E-state index contributed by atoms with van der Waals surface area (Å²) in [6.45, 7) is 0. The van der Waals surface area contributed by atoms with Crippen LogP contribution in [0.2, 0.25) is 5.02 Å². The first-order chi connectivity index (χ1) is 10.7. The van der Waals surface area contributed by atoms with Crippen LogP contribution in [0.5, 0.6) is 0 Å². The Bertz CT molecular complexity index is 855. The minimum Gasteiger partial charge on any atom is -0.356 e. The zero-order chi connectivity index (χ0) is 15.5. The van der Waals surface area contributed by atoms with Crippen LogP contribution in [0.3, 0.4) is 0 Å². The Morgan fingerprint density at radius 3 is 2.50 bits per heavy atom. The Hall–Kier alpha value is -2.72. The van der Waals surface area contributed by atoms with Crippen molar-refractivity contribution in [1.29, 1.82) is 10.8 Å². The molecule has 0 fully saturated rings. The zero-order valence-electron chi connectivity index (χ0n) is 11.5. The van der Waals surface area contributed by atoms with Gasteiger partial charge in [-0.15, -0.1) is 0 Å². The quantitative estimate of drug-likeness (QED) is 0.688. The first-order valence-electron chi connectivity index (χ1n) is 6.59. The van der Waals surface area contributed by atoms with E-state index in [0.29, 0.717) is 16.5 Å². The van der Waals surface area contributed by atoms with Crippen LogP contribution in [-0.2, 0) is 0 Å². The molecule has 3 aromatic rings. The van der Waals surface area contributed by atoms with Crippen LogP contribution < -0.4 is 0 Å². The summed E-state index contributed by atoms with van der Waals surface area (Å²) >= 11 is 6.20. The van der Waals surface area contributed by atoms with Crippen LogP contribution in [0.15, 0.2) is 53.1 Å². The molecule has 22 heavy (non-hydrogen) atoms. The molecule has 0 aliphatic rings. The van der Waals surface area contributed by atoms with Crippen LogP contribution in [0, 0.1) is 10.8 Å². The molecule has 0 unspecified atom stereocenters. The third kappa shape index (κ3) is 2.69. The summed E-state index contributed by atoms with van der Waals surface area (Å²) < 4.78 is 5.39. The van der Waals surface area contributed by atoms with Crippen molar-refractivity contribution in [1.82, 2.24) is 5.16 Å². The summed E-state index contributed by atoms with van der Waals surface area (Å²) in [6.07, 6.45) is 2.54. The van der Waals surface area contributed by atoms with Gasteiger partial charge < -0.3 is 15.3 Å². The molecule has 0 aliphatic carbocycles. The van der Waals surface area contributed by atoms with Crippen molar-refractivity contribution in [2.75, 3.05) is 0 Å². The third-order valence-electron chi connectivity index (χ3n) is 3.28.